The van der Waals surface area contributed by atoms with Crippen molar-refractivity contribution in [2.45, 2.75) is 19.4 Å². The lowest BCUT2D eigenvalue weighted by atomic mass is 10.2. The van der Waals surface area contributed by atoms with Crippen LogP contribution in [0.1, 0.15) is 18.4 Å². The fraction of sp³-hybridized carbons (Fsp3) is 0.417. The summed E-state index contributed by atoms with van der Waals surface area (Å²) in [5.41, 5.74) is 1.34. The van der Waals surface area contributed by atoms with Gasteiger partial charge in [0.2, 0.25) is 0 Å². The molecule has 0 saturated carbocycles. The number of hydrogen-bond acceptors (Lipinski definition) is 4. The van der Waals surface area contributed by atoms with Crippen LogP contribution < -0.4 is 5.32 Å². The summed E-state index contributed by atoms with van der Waals surface area (Å²) in [6.45, 7) is 1.97. The number of nitrogens with zero attached hydrogens (tertiary/aromatic N) is 1. The topological polar surface area (TPSA) is 24.9 Å². The molecule has 2 aromatic rings. The van der Waals surface area contributed by atoms with Crippen molar-refractivity contribution in [3.63, 3.8) is 0 Å². The molecule has 5 heteroatoms. The molecule has 92 valence electrons. The van der Waals surface area contributed by atoms with Gasteiger partial charge in [0.25, 0.3) is 0 Å². The number of halogens is 1. The van der Waals surface area contributed by atoms with Gasteiger partial charge in [-0.05, 0) is 47.2 Å². The van der Waals surface area contributed by atoms with Gasteiger partial charge in [-0.1, -0.05) is 29.2 Å². The molecular formula is C12H15ClN2S2. The monoisotopic (exact) mass is 286 g/mol. The molecule has 17 heavy (non-hydrogen) atoms. The molecule has 0 bridgehead atoms. The molecule has 0 aliphatic heterocycles. The first-order valence-electron chi connectivity index (χ1n) is 5.68. The van der Waals surface area contributed by atoms with Crippen LogP contribution in [-0.4, -0.2) is 16.7 Å². The standard InChI is InChI=1S/C12H15ClN2S2/c13-16-7-2-1-6-14-8-10-4-3-5-11-9-15-17-12(10)11/h3-5,9,14H,1-2,6-8H2. The predicted molar refractivity (Wildman–Crippen MR) is 78.9 cm³/mol. The van der Waals surface area contributed by atoms with E-state index in [1.807, 2.05) is 6.20 Å². The normalized spacial score (nSPS) is 11.1. The van der Waals surface area contributed by atoms with E-state index in [1.54, 1.807) is 11.5 Å². The Morgan fingerprint density at radius 3 is 3.18 bits per heavy atom. The zero-order valence-electron chi connectivity index (χ0n) is 9.49. The maximum atomic E-state index is 5.55. The van der Waals surface area contributed by atoms with Crippen molar-refractivity contribution in [1.82, 2.24) is 9.69 Å². The number of nitrogens with one attached hydrogen (secondary N) is 1. The first-order valence-corrected chi connectivity index (χ1v) is 8.27. The Morgan fingerprint density at radius 2 is 2.29 bits per heavy atom. The summed E-state index contributed by atoms with van der Waals surface area (Å²) in [6.07, 6.45) is 4.28. The van der Waals surface area contributed by atoms with E-state index in [9.17, 15) is 0 Å². The molecule has 1 N–H and O–H groups in total. The Hall–Kier alpha value is -0.290. The van der Waals surface area contributed by atoms with E-state index in [2.05, 4.69) is 27.9 Å². The number of unbranched alkanes of at least 4 members (excludes halogenated alkanes) is 1. The van der Waals surface area contributed by atoms with Crippen molar-refractivity contribution >= 4 is 43.3 Å². The van der Waals surface area contributed by atoms with Gasteiger partial charge in [0.15, 0.2) is 0 Å². The number of hydrogen-bond donors (Lipinski definition) is 1. The zero-order chi connectivity index (χ0) is 11.9. The van der Waals surface area contributed by atoms with E-state index in [0.717, 1.165) is 18.8 Å². The minimum atomic E-state index is 0.924. The van der Waals surface area contributed by atoms with Crippen molar-refractivity contribution in [2.24, 2.45) is 0 Å². The van der Waals surface area contributed by atoms with E-state index >= 15 is 0 Å². The summed E-state index contributed by atoms with van der Waals surface area (Å²) in [5.74, 6) is 1.04. The molecule has 0 aliphatic carbocycles. The number of rotatable bonds is 7. The minimum absolute atomic E-state index is 0.924. The molecule has 1 aromatic heterocycles. The fourth-order valence-corrected chi connectivity index (χ4v) is 3.12. The summed E-state index contributed by atoms with van der Waals surface area (Å²) in [6, 6.07) is 6.38. The predicted octanol–water partition coefficient (Wildman–Crippen LogP) is 4.05. The maximum absolute atomic E-state index is 5.55. The third-order valence-corrected chi connectivity index (χ3v) is 4.40. The molecule has 0 aliphatic rings. The molecule has 0 radical (unpaired) electrons. The van der Waals surface area contributed by atoms with E-state index < -0.39 is 0 Å². The molecule has 0 unspecified atom stereocenters. The van der Waals surface area contributed by atoms with E-state index in [-0.39, 0.29) is 0 Å². The van der Waals surface area contributed by atoms with Gasteiger partial charge in [0.1, 0.15) is 0 Å². The highest BCUT2D eigenvalue weighted by Crippen LogP contribution is 2.22. The summed E-state index contributed by atoms with van der Waals surface area (Å²) >= 11 is 1.58. The Kier molecular flexibility index (Phi) is 5.58. The van der Waals surface area contributed by atoms with Crippen molar-refractivity contribution in [2.75, 3.05) is 12.3 Å². The van der Waals surface area contributed by atoms with Crippen LogP contribution in [0.2, 0.25) is 0 Å². The van der Waals surface area contributed by atoms with Gasteiger partial charge in [-0.2, -0.15) is 4.37 Å². The van der Waals surface area contributed by atoms with Crippen molar-refractivity contribution in [3.8, 4) is 0 Å². The third-order valence-electron chi connectivity index (χ3n) is 2.60. The molecule has 0 amide bonds. The Bertz CT molecular complexity index is 458. The van der Waals surface area contributed by atoms with Crippen molar-refractivity contribution in [3.05, 3.63) is 30.0 Å². The van der Waals surface area contributed by atoms with E-state index in [1.165, 1.54) is 39.5 Å². The molecule has 1 heterocycles. The fourth-order valence-electron chi connectivity index (χ4n) is 1.72. The molecular weight excluding hydrogens is 272 g/mol. The second-order valence-electron chi connectivity index (χ2n) is 3.86. The Morgan fingerprint density at radius 1 is 1.35 bits per heavy atom. The minimum Gasteiger partial charge on any atom is -0.313 e. The molecule has 0 fully saturated rings. The third kappa shape index (κ3) is 3.85. The van der Waals surface area contributed by atoms with Crippen LogP contribution in [0.4, 0.5) is 0 Å². The van der Waals surface area contributed by atoms with Crippen LogP contribution in [0.25, 0.3) is 10.1 Å². The number of fused-ring (bicyclic) bond motifs is 1. The highest BCUT2D eigenvalue weighted by molar-refractivity contribution is 8.21. The zero-order valence-corrected chi connectivity index (χ0v) is 11.9. The van der Waals surface area contributed by atoms with Crippen LogP contribution in [0, 0.1) is 0 Å². The lowest BCUT2D eigenvalue weighted by Crippen LogP contribution is -2.14. The largest absolute Gasteiger partial charge is 0.313 e. The molecule has 0 spiro atoms. The number of benzene rings is 1. The molecule has 2 nitrogen and oxygen atoms in total. The Balaban J connectivity index is 1.80. The van der Waals surface area contributed by atoms with Crippen LogP contribution in [0.3, 0.4) is 0 Å². The summed E-state index contributed by atoms with van der Waals surface area (Å²) in [4.78, 5) is 0. The van der Waals surface area contributed by atoms with E-state index in [4.69, 9.17) is 10.7 Å². The lowest BCUT2D eigenvalue weighted by Gasteiger charge is -2.05. The summed E-state index contributed by atoms with van der Waals surface area (Å²) in [7, 11) is 6.95. The van der Waals surface area contributed by atoms with Gasteiger partial charge >= 0.3 is 0 Å². The number of aromatic nitrogens is 1. The van der Waals surface area contributed by atoms with Crippen LogP contribution in [-0.2, 0) is 6.54 Å². The highest BCUT2D eigenvalue weighted by Gasteiger charge is 2.02. The second-order valence-corrected chi connectivity index (χ2v) is 5.94. The average molecular weight is 287 g/mol. The maximum Gasteiger partial charge on any atom is 0.0594 e. The van der Waals surface area contributed by atoms with Gasteiger partial charge in [-0.15, -0.1) is 0 Å². The first-order chi connectivity index (χ1) is 8.42. The molecule has 0 atom stereocenters. The van der Waals surface area contributed by atoms with Gasteiger partial charge in [0.05, 0.1) is 4.70 Å². The van der Waals surface area contributed by atoms with Crippen LogP contribution in [0.15, 0.2) is 24.4 Å². The summed E-state index contributed by atoms with van der Waals surface area (Å²) < 4.78 is 5.53. The van der Waals surface area contributed by atoms with Gasteiger partial charge in [-0.25, -0.2) is 0 Å². The van der Waals surface area contributed by atoms with Crippen LogP contribution >= 0.6 is 33.2 Å². The van der Waals surface area contributed by atoms with E-state index in [0.29, 0.717) is 0 Å². The highest BCUT2D eigenvalue weighted by atomic mass is 35.7. The molecule has 2 rings (SSSR count). The van der Waals surface area contributed by atoms with Gasteiger partial charge in [0, 0.05) is 23.9 Å². The average Bonchev–Trinajstić information content (AvgIpc) is 2.82. The quantitative estimate of drug-likeness (QED) is 0.777. The summed E-state index contributed by atoms with van der Waals surface area (Å²) in [5, 5.41) is 4.71. The SMILES string of the molecule is ClSCCCCNCc1cccc2cnsc12. The first kappa shape index (κ1) is 13.1. The van der Waals surface area contributed by atoms with Gasteiger partial charge < -0.3 is 5.32 Å². The lowest BCUT2D eigenvalue weighted by molar-refractivity contribution is 0.646. The van der Waals surface area contributed by atoms with Crippen molar-refractivity contribution < 1.29 is 0 Å². The van der Waals surface area contributed by atoms with Gasteiger partial charge in [-0.3, -0.25) is 0 Å². The smallest absolute Gasteiger partial charge is 0.0594 e. The second kappa shape index (κ2) is 7.21. The Labute approximate surface area is 114 Å². The van der Waals surface area contributed by atoms with Crippen LogP contribution in [0.5, 0.6) is 0 Å². The molecule has 0 saturated heterocycles. The molecule has 1 aromatic carbocycles. The van der Waals surface area contributed by atoms with Crippen molar-refractivity contribution in [1.29, 1.82) is 0 Å².